The first kappa shape index (κ1) is 16.7. The molecule has 2 aromatic rings. The zero-order valence-corrected chi connectivity index (χ0v) is 14.0. The molecule has 1 aliphatic heterocycles. The number of amides is 2. The Labute approximate surface area is 146 Å². The zero-order valence-electron chi connectivity index (χ0n) is 13.2. The molecule has 1 aliphatic rings. The van der Waals surface area contributed by atoms with Crippen LogP contribution in [0.1, 0.15) is 32.7 Å². The van der Waals surface area contributed by atoms with Gasteiger partial charge in [0.05, 0.1) is 17.7 Å². The van der Waals surface area contributed by atoms with Crippen molar-refractivity contribution >= 4 is 23.4 Å². The van der Waals surface area contributed by atoms with E-state index in [0.717, 1.165) is 17.0 Å². The highest BCUT2D eigenvalue weighted by Crippen LogP contribution is 2.22. The van der Waals surface area contributed by atoms with Crippen LogP contribution < -0.4 is 0 Å². The van der Waals surface area contributed by atoms with Gasteiger partial charge in [-0.05, 0) is 36.6 Å². The first-order valence-corrected chi connectivity index (χ1v) is 8.32. The SMILES string of the molecule is O=C1c2ccccc2C(=O)N1CCCOCCc1ccccc1Cl. The van der Waals surface area contributed by atoms with Gasteiger partial charge in [0.25, 0.3) is 11.8 Å². The van der Waals surface area contributed by atoms with Crippen LogP contribution in [0.5, 0.6) is 0 Å². The topological polar surface area (TPSA) is 46.6 Å². The lowest BCUT2D eigenvalue weighted by Crippen LogP contribution is -2.31. The fraction of sp³-hybridized carbons (Fsp3) is 0.263. The van der Waals surface area contributed by atoms with E-state index in [1.54, 1.807) is 24.3 Å². The Morgan fingerprint density at radius 2 is 1.50 bits per heavy atom. The summed E-state index contributed by atoms with van der Waals surface area (Å²) in [5.41, 5.74) is 2.03. The van der Waals surface area contributed by atoms with Crippen molar-refractivity contribution in [1.29, 1.82) is 0 Å². The third-order valence-electron chi connectivity index (χ3n) is 4.02. The summed E-state index contributed by atoms with van der Waals surface area (Å²) in [4.78, 5) is 25.7. The van der Waals surface area contributed by atoms with E-state index >= 15 is 0 Å². The lowest BCUT2D eigenvalue weighted by molar-refractivity contribution is 0.0627. The van der Waals surface area contributed by atoms with Gasteiger partial charge in [-0.15, -0.1) is 0 Å². The molecule has 0 saturated carbocycles. The van der Waals surface area contributed by atoms with E-state index < -0.39 is 0 Å². The van der Waals surface area contributed by atoms with Crippen LogP contribution in [0.3, 0.4) is 0 Å². The minimum absolute atomic E-state index is 0.216. The fourth-order valence-electron chi connectivity index (χ4n) is 2.75. The lowest BCUT2D eigenvalue weighted by atomic mass is 10.1. The van der Waals surface area contributed by atoms with Gasteiger partial charge in [0.15, 0.2) is 0 Å². The van der Waals surface area contributed by atoms with Crippen LogP contribution in [-0.4, -0.2) is 36.5 Å². The maximum Gasteiger partial charge on any atom is 0.261 e. The molecule has 0 fully saturated rings. The fourth-order valence-corrected chi connectivity index (χ4v) is 2.98. The van der Waals surface area contributed by atoms with Gasteiger partial charge < -0.3 is 4.74 Å². The van der Waals surface area contributed by atoms with Crippen LogP contribution >= 0.6 is 11.6 Å². The number of imide groups is 1. The number of ether oxygens (including phenoxy) is 1. The van der Waals surface area contributed by atoms with Gasteiger partial charge in [0.1, 0.15) is 0 Å². The molecule has 0 atom stereocenters. The number of halogens is 1. The highest BCUT2D eigenvalue weighted by molar-refractivity contribution is 6.31. The van der Waals surface area contributed by atoms with Crippen molar-refractivity contribution < 1.29 is 14.3 Å². The Morgan fingerprint density at radius 1 is 0.875 bits per heavy atom. The van der Waals surface area contributed by atoms with E-state index in [9.17, 15) is 9.59 Å². The average Bonchev–Trinajstić information content (AvgIpc) is 2.84. The number of nitrogens with zero attached hydrogens (tertiary/aromatic N) is 1. The molecule has 0 saturated heterocycles. The number of benzene rings is 2. The van der Waals surface area contributed by atoms with Gasteiger partial charge in [-0.3, -0.25) is 14.5 Å². The minimum atomic E-state index is -0.216. The van der Waals surface area contributed by atoms with Gasteiger partial charge in [-0.25, -0.2) is 0 Å². The van der Waals surface area contributed by atoms with Gasteiger partial charge >= 0.3 is 0 Å². The Hall–Kier alpha value is -2.17. The number of carbonyl (C=O) groups is 2. The number of rotatable bonds is 7. The zero-order chi connectivity index (χ0) is 16.9. The van der Waals surface area contributed by atoms with Crippen molar-refractivity contribution in [3.8, 4) is 0 Å². The molecule has 3 rings (SSSR count). The van der Waals surface area contributed by atoms with E-state index in [1.807, 2.05) is 24.3 Å². The molecule has 0 spiro atoms. The number of hydrogen-bond donors (Lipinski definition) is 0. The molecule has 0 aliphatic carbocycles. The molecule has 0 aromatic heterocycles. The Kier molecular flexibility index (Phi) is 5.28. The van der Waals surface area contributed by atoms with Crippen molar-refractivity contribution in [3.63, 3.8) is 0 Å². The smallest absolute Gasteiger partial charge is 0.261 e. The van der Waals surface area contributed by atoms with Gasteiger partial charge in [0, 0.05) is 18.2 Å². The lowest BCUT2D eigenvalue weighted by Gasteiger charge is -2.13. The van der Waals surface area contributed by atoms with Crippen LogP contribution in [0.2, 0.25) is 5.02 Å². The minimum Gasteiger partial charge on any atom is -0.381 e. The predicted molar refractivity (Wildman–Crippen MR) is 92.4 cm³/mol. The number of fused-ring (bicyclic) bond motifs is 1. The average molecular weight is 344 g/mol. The van der Waals surface area contributed by atoms with Gasteiger partial charge in [0.2, 0.25) is 0 Å². The van der Waals surface area contributed by atoms with Crippen molar-refractivity contribution in [2.24, 2.45) is 0 Å². The van der Waals surface area contributed by atoms with Crippen molar-refractivity contribution in [3.05, 3.63) is 70.2 Å². The van der Waals surface area contributed by atoms with Crippen LogP contribution in [-0.2, 0) is 11.2 Å². The molecule has 124 valence electrons. The highest BCUT2D eigenvalue weighted by atomic mass is 35.5. The molecule has 1 heterocycles. The van der Waals surface area contributed by atoms with E-state index in [0.29, 0.717) is 37.3 Å². The quantitative estimate of drug-likeness (QED) is 0.570. The largest absolute Gasteiger partial charge is 0.381 e. The van der Waals surface area contributed by atoms with Crippen LogP contribution in [0.4, 0.5) is 0 Å². The maximum absolute atomic E-state index is 12.2. The van der Waals surface area contributed by atoms with Crippen molar-refractivity contribution in [2.75, 3.05) is 19.8 Å². The standard InChI is InChI=1S/C19H18ClNO3/c20-17-9-4-1-6-14(17)10-13-24-12-5-11-21-18(22)15-7-2-3-8-16(15)19(21)23/h1-4,6-9H,5,10-13H2. The summed E-state index contributed by atoms with van der Waals surface area (Å²) in [6, 6.07) is 14.6. The molecule has 0 unspecified atom stereocenters. The second-order valence-electron chi connectivity index (χ2n) is 5.61. The third kappa shape index (κ3) is 3.50. The Bertz CT molecular complexity index is 725. The summed E-state index contributed by atoms with van der Waals surface area (Å²) >= 11 is 6.09. The molecule has 0 radical (unpaired) electrons. The molecule has 5 heteroatoms. The molecule has 0 bridgehead atoms. The predicted octanol–water partition coefficient (Wildman–Crippen LogP) is 3.59. The van der Waals surface area contributed by atoms with Crippen molar-refractivity contribution in [2.45, 2.75) is 12.8 Å². The molecular formula is C19H18ClNO3. The molecule has 2 amide bonds. The first-order valence-electron chi connectivity index (χ1n) is 7.95. The molecule has 4 nitrogen and oxygen atoms in total. The molecule has 24 heavy (non-hydrogen) atoms. The second-order valence-corrected chi connectivity index (χ2v) is 6.02. The van der Waals surface area contributed by atoms with Crippen LogP contribution in [0.15, 0.2) is 48.5 Å². The third-order valence-corrected chi connectivity index (χ3v) is 4.39. The first-order chi connectivity index (χ1) is 11.7. The van der Waals surface area contributed by atoms with E-state index in [1.165, 1.54) is 4.90 Å². The van der Waals surface area contributed by atoms with Gasteiger partial charge in [-0.1, -0.05) is 41.9 Å². The maximum atomic E-state index is 12.2. The Balaban J connectivity index is 1.41. The van der Waals surface area contributed by atoms with E-state index in [2.05, 4.69) is 0 Å². The molecular weight excluding hydrogens is 326 g/mol. The number of hydrogen-bond acceptors (Lipinski definition) is 3. The van der Waals surface area contributed by atoms with Gasteiger partial charge in [-0.2, -0.15) is 0 Å². The summed E-state index contributed by atoms with van der Waals surface area (Å²) < 4.78 is 5.59. The van der Waals surface area contributed by atoms with E-state index in [-0.39, 0.29) is 11.8 Å². The Morgan fingerprint density at radius 3 is 2.17 bits per heavy atom. The van der Waals surface area contributed by atoms with Crippen LogP contribution in [0.25, 0.3) is 0 Å². The second kappa shape index (κ2) is 7.60. The molecule has 2 aromatic carbocycles. The summed E-state index contributed by atoms with van der Waals surface area (Å²) in [6.07, 6.45) is 1.36. The normalized spacial score (nSPS) is 13.5. The van der Waals surface area contributed by atoms with Crippen LogP contribution in [0, 0.1) is 0 Å². The van der Waals surface area contributed by atoms with Crippen molar-refractivity contribution in [1.82, 2.24) is 4.90 Å². The monoisotopic (exact) mass is 343 g/mol. The summed E-state index contributed by atoms with van der Waals surface area (Å²) in [7, 11) is 0. The molecule has 0 N–H and O–H groups in total. The number of carbonyl (C=O) groups excluding carboxylic acids is 2. The van der Waals surface area contributed by atoms with E-state index in [4.69, 9.17) is 16.3 Å². The summed E-state index contributed by atoms with van der Waals surface area (Å²) in [5.74, 6) is -0.432. The summed E-state index contributed by atoms with van der Waals surface area (Å²) in [5, 5.41) is 0.743. The summed E-state index contributed by atoms with van der Waals surface area (Å²) in [6.45, 7) is 1.43. The highest BCUT2D eigenvalue weighted by Gasteiger charge is 2.34.